The van der Waals surface area contributed by atoms with E-state index in [9.17, 15) is 14.9 Å². The van der Waals surface area contributed by atoms with Crippen LogP contribution < -0.4 is 10.9 Å². The second-order valence-corrected chi connectivity index (χ2v) is 3.97. The highest BCUT2D eigenvalue weighted by atomic mass is 16.6. The lowest BCUT2D eigenvalue weighted by atomic mass is 10.2. The Balaban J connectivity index is 2.15. The fourth-order valence-corrected chi connectivity index (χ4v) is 1.58. The summed E-state index contributed by atoms with van der Waals surface area (Å²) in [5.74, 6) is 0.219. The Morgan fingerprint density at radius 2 is 2.26 bits per heavy atom. The van der Waals surface area contributed by atoms with Gasteiger partial charge in [-0.05, 0) is 5.56 Å². The maximum Gasteiger partial charge on any atom is 0.293 e. The van der Waals surface area contributed by atoms with Gasteiger partial charge in [-0.1, -0.05) is 12.1 Å². The third-order valence-corrected chi connectivity index (χ3v) is 2.60. The van der Waals surface area contributed by atoms with Crippen LogP contribution in [0.1, 0.15) is 5.56 Å². The normalized spacial score (nSPS) is 10.2. The Morgan fingerprint density at radius 1 is 1.47 bits per heavy atom. The van der Waals surface area contributed by atoms with Gasteiger partial charge in [0.25, 0.3) is 11.2 Å². The predicted molar refractivity (Wildman–Crippen MR) is 69.9 cm³/mol. The molecule has 0 aliphatic heterocycles. The van der Waals surface area contributed by atoms with Crippen molar-refractivity contribution in [2.24, 2.45) is 7.05 Å². The molecule has 0 atom stereocenters. The first-order valence-corrected chi connectivity index (χ1v) is 5.57. The van der Waals surface area contributed by atoms with Crippen molar-refractivity contribution in [3.05, 3.63) is 62.7 Å². The number of benzene rings is 1. The first kappa shape index (κ1) is 12.7. The molecule has 1 aromatic heterocycles. The zero-order valence-electron chi connectivity index (χ0n) is 10.2. The standard InChI is InChI=1S/C12H12N4O3/c1-15-6-5-13-11(12(15)17)14-8-9-3-2-4-10(7-9)16(18)19/h2-7H,8H2,1H3,(H,13,14). The summed E-state index contributed by atoms with van der Waals surface area (Å²) in [7, 11) is 1.63. The van der Waals surface area contributed by atoms with Gasteiger partial charge in [-0.2, -0.15) is 0 Å². The summed E-state index contributed by atoms with van der Waals surface area (Å²) in [4.78, 5) is 25.8. The van der Waals surface area contributed by atoms with Crippen molar-refractivity contribution in [1.29, 1.82) is 0 Å². The number of nitro benzene ring substituents is 1. The van der Waals surface area contributed by atoms with Crippen LogP contribution in [-0.2, 0) is 13.6 Å². The summed E-state index contributed by atoms with van der Waals surface area (Å²) in [6.45, 7) is 0.300. The number of nitrogens with zero attached hydrogens (tertiary/aromatic N) is 3. The summed E-state index contributed by atoms with van der Waals surface area (Å²) in [5, 5.41) is 13.5. The number of anilines is 1. The summed E-state index contributed by atoms with van der Waals surface area (Å²) in [6, 6.07) is 6.23. The number of rotatable bonds is 4. The van der Waals surface area contributed by atoms with E-state index in [1.807, 2.05) is 0 Å². The van der Waals surface area contributed by atoms with Gasteiger partial charge in [0.2, 0.25) is 0 Å². The molecule has 0 saturated carbocycles. The van der Waals surface area contributed by atoms with E-state index >= 15 is 0 Å². The van der Waals surface area contributed by atoms with Gasteiger partial charge < -0.3 is 9.88 Å². The number of aryl methyl sites for hydroxylation is 1. The second-order valence-electron chi connectivity index (χ2n) is 3.97. The molecule has 7 heteroatoms. The molecule has 98 valence electrons. The maximum atomic E-state index is 11.7. The average Bonchev–Trinajstić information content (AvgIpc) is 2.41. The number of nitrogens with one attached hydrogen (secondary N) is 1. The van der Waals surface area contributed by atoms with Crippen LogP contribution in [0.3, 0.4) is 0 Å². The molecule has 0 unspecified atom stereocenters. The molecule has 0 aliphatic rings. The maximum absolute atomic E-state index is 11.7. The third kappa shape index (κ3) is 2.95. The lowest BCUT2D eigenvalue weighted by Gasteiger charge is -2.06. The van der Waals surface area contributed by atoms with Crippen LogP contribution in [0.2, 0.25) is 0 Å². The quantitative estimate of drug-likeness (QED) is 0.661. The highest BCUT2D eigenvalue weighted by molar-refractivity contribution is 5.37. The molecule has 0 spiro atoms. The van der Waals surface area contributed by atoms with E-state index in [1.165, 1.54) is 22.9 Å². The Kier molecular flexibility index (Phi) is 3.56. The summed E-state index contributed by atoms with van der Waals surface area (Å²) < 4.78 is 1.41. The van der Waals surface area contributed by atoms with Crippen LogP contribution in [0, 0.1) is 10.1 Å². The second kappa shape index (κ2) is 5.30. The van der Waals surface area contributed by atoms with Crippen LogP contribution in [0.4, 0.5) is 11.5 Å². The minimum atomic E-state index is -0.455. The molecule has 1 aromatic carbocycles. The Hall–Kier alpha value is -2.70. The van der Waals surface area contributed by atoms with Gasteiger partial charge in [-0.25, -0.2) is 4.98 Å². The number of hydrogen-bond donors (Lipinski definition) is 1. The molecule has 0 fully saturated rings. The van der Waals surface area contributed by atoms with E-state index < -0.39 is 4.92 Å². The van der Waals surface area contributed by atoms with Crippen molar-refractivity contribution in [2.45, 2.75) is 6.54 Å². The van der Waals surface area contributed by atoms with Crippen molar-refractivity contribution in [1.82, 2.24) is 9.55 Å². The minimum Gasteiger partial charge on any atom is -0.361 e. The average molecular weight is 260 g/mol. The molecule has 0 amide bonds. The van der Waals surface area contributed by atoms with Crippen LogP contribution in [-0.4, -0.2) is 14.5 Å². The van der Waals surface area contributed by atoms with E-state index in [0.717, 1.165) is 0 Å². The van der Waals surface area contributed by atoms with E-state index in [-0.39, 0.29) is 17.1 Å². The zero-order valence-corrected chi connectivity index (χ0v) is 10.2. The fourth-order valence-electron chi connectivity index (χ4n) is 1.58. The number of non-ortho nitro benzene ring substituents is 1. The van der Waals surface area contributed by atoms with E-state index in [4.69, 9.17) is 0 Å². The largest absolute Gasteiger partial charge is 0.361 e. The minimum absolute atomic E-state index is 0.0215. The van der Waals surface area contributed by atoms with Crippen molar-refractivity contribution in [3.63, 3.8) is 0 Å². The van der Waals surface area contributed by atoms with Crippen LogP contribution in [0.15, 0.2) is 41.5 Å². The number of aromatic nitrogens is 2. The zero-order chi connectivity index (χ0) is 13.8. The molecular weight excluding hydrogens is 248 g/mol. The predicted octanol–water partition coefficient (Wildman–Crippen LogP) is 1.30. The van der Waals surface area contributed by atoms with Gasteiger partial charge in [-0.15, -0.1) is 0 Å². The van der Waals surface area contributed by atoms with Crippen LogP contribution >= 0.6 is 0 Å². The molecule has 0 bridgehead atoms. The molecule has 0 aliphatic carbocycles. The molecule has 1 heterocycles. The number of nitro groups is 1. The van der Waals surface area contributed by atoms with Crippen molar-refractivity contribution < 1.29 is 4.92 Å². The van der Waals surface area contributed by atoms with Gasteiger partial charge in [-0.3, -0.25) is 14.9 Å². The molecule has 0 radical (unpaired) electrons. The van der Waals surface area contributed by atoms with E-state index in [0.29, 0.717) is 12.1 Å². The van der Waals surface area contributed by atoms with Crippen LogP contribution in [0.5, 0.6) is 0 Å². The Bertz CT molecular complexity index is 666. The Morgan fingerprint density at radius 3 is 3.00 bits per heavy atom. The van der Waals surface area contributed by atoms with Gasteiger partial charge in [0.15, 0.2) is 5.82 Å². The first-order chi connectivity index (χ1) is 9.08. The first-order valence-electron chi connectivity index (χ1n) is 5.57. The summed E-state index contributed by atoms with van der Waals surface area (Å²) in [6.07, 6.45) is 3.07. The Labute approximate surface area is 108 Å². The SMILES string of the molecule is Cn1ccnc(NCc2cccc([N+](=O)[O-])c2)c1=O. The molecule has 1 N–H and O–H groups in total. The third-order valence-electron chi connectivity index (χ3n) is 2.60. The monoisotopic (exact) mass is 260 g/mol. The van der Waals surface area contributed by atoms with E-state index in [1.54, 1.807) is 25.4 Å². The van der Waals surface area contributed by atoms with Gasteiger partial charge in [0, 0.05) is 38.1 Å². The van der Waals surface area contributed by atoms with Crippen molar-refractivity contribution >= 4 is 11.5 Å². The van der Waals surface area contributed by atoms with Gasteiger partial charge >= 0.3 is 0 Å². The van der Waals surface area contributed by atoms with Crippen molar-refractivity contribution in [3.8, 4) is 0 Å². The van der Waals surface area contributed by atoms with Gasteiger partial charge in [0.1, 0.15) is 0 Å². The van der Waals surface area contributed by atoms with Crippen molar-refractivity contribution in [2.75, 3.05) is 5.32 Å². The lowest BCUT2D eigenvalue weighted by molar-refractivity contribution is -0.384. The number of hydrogen-bond acceptors (Lipinski definition) is 5. The topological polar surface area (TPSA) is 90.1 Å². The molecule has 0 saturated heterocycles. The molecule has 7 nitrogen and oxygen atoms in total. The highest BCUT2D eigenvalue weighted by Crippen LogP contribution is 2.13. The summed E-state index contributed by atoms with van der Waals surface area (Å²) in [5.41, 5.74) is 0.489. The molecule has 2 aromatic rings. The molecule has 19 heavy (non-hydrogen) atoms. The summed E-state index contributed by atoms with van der Waals surface area (Å²) >= 11 is 0. The molecule has 2 rings (SSSR count). The fraction of sp³-hybridized carbons (Fsp3) is 0.167. The highest BCUT2D eigenvalue weighted by Gasteiger charge is 2.06. The lowest BCUT2D eigenvalue weighted by Crippen LogP contribution is -2.21. The molecular formula is C12H12N4O3. The van der Waals surface area contributed by atoms with Crippen LogP contribution in [0.25, 0.3) is 0 Å². The van der Waals surface area contributed by atoms with Gasteiger partial charge in [0.05, 0.1) is 4.92 Å². The smallest absolute Gasteiger partial charge is 0.293 e. The van der Waals surface area contributed by atoms with E-state index in [2.05, 4.69) is 10.3 Å².